The topological polar surface area (TPSA) is 299 Å². The van der Waals surface area contributed by atoms with E-state index < -0.39 is 35.7 Å². The minimum Gasteiger partial charge on any atom is -0.549 e. The summed E-state index contributed by atoms with van der Waals surface area (Å²) in [5.41, 5.74) is -1.000. The third-order valence-electron chi connectivity index (χ3n) is 6.36. The van der Waals surface area contributed by atoms with Crippen molar-refractivity contribution < 1.29 is 87.3 Å². The fraction of sp³-hybridized carbons (Fsp3) is 0.789. The summed E-state index contributed by atoms with van der Waals surface area (Å²) in [7, 11) is 1.47. The molecule has 0 heterocycles. The number of methoxy groups -OCH3 is 1. The van der Waals surface area contributed by atoms with Crippen LogP contribution in [0.3, 0.4) is 0 Å². The van der Waals surface area contributed by atoms with Gasteiger partial charge in [-0.15, -0.1) is 0 Å². The second-order valence-electron chi connectivity index (χ2n) is 14.6. The number of rotatable bonds is 27. The van der Waals surface area contributed by atoms with Crippen LogP contribution in [-0.2, 0) is 66.8 Å². The number of aliphatic hydroxyl groups is 2. The minimum atomic E-state index is -1.41. The van der Waals surface area contributed by atoms with Crippen molar-refractivity contribution in [3.8, 4) is 0 Å². The van der Waals surface area contributed by atoms with E-state index >= 15 is 0 Å². The monoisotopic (exact) mass is 868 g/mol. The maximum atomic E-state index is 11.7. The Morgan fingerprint density at radius 3 is 1.32 bits per heavy atom. The zero-order chi connectivity index (χ0) is 47.3. The van der Waals surface area contributed by atoms with E-state index in [4.69, 9.17) is 43.5 Å². The van der Waals surface area contributed by atoms with Crippen molar-refractivity contribution >= 4 is 47.8 Å². The lowest BCUT2D eigenvalue weighted by Crippen LogP contribution is -2.44. The molecule has 2 N–H and O–H groups in total. The number of carboxylic acids is 2. The van der Waals surface area contributed by atoms with Gasteiger partial charge in [-0.3, -0.25) is 43.6 Å². The number of esters is 4. The third-order valence-corrected chi connectivity index (χ3v) is 6.36. The zero-order valence-electron chi connectivity index (χ0n) is 36.9. The average molecular weight is 869 g/mol. The number of carboxylic acid groups (broad SMARTS) is 2. The van der Waals surface area contributed by atoms with Gasteiger partial charge in [0.1, 0.15) is 23.6 Å². The van der Waals surface area contributed by atoms with Gasteiger partial charge in [-0.25, -0.2) is 0 Å². The number of hydrogen-bond donors (Lipinski definition) is 2. The Hall–Kier alpha value is -4.41. The zero-order valence-corrected chi connectivity index (χ0v) is 36.9. The van der Waals surface area contributed by atoms with Gasteiger partial charge in [0.25, 0.3) is 0 Å². The van der Waals surface area contributed by atoms with Crippen LogP contribution >= 0.6 is 0 Å². The van der Waals surface area contributed by atoms with E-state index in [1.54, 1.807) is 37.5 Å². The van der Waals surface area contributed by atoms with Crippen molar-refractivity contribution in [3.63, 3.8) is 0 Å². The molecule has 0 aromatic carbocycles. The Labute approximate surface area is 352 Å². The van der Waals surface area contributed by atoms with Crippen LogP contribution in [-0.4, -0.2) is 207 Å². The fourth-order valence-electron chi connectivity index (χ4n) is 4.44. The molecule has 0 bridgehead atoms. The minimum absolute atomic E-state index is 0.0389. The number of carbonyl (C=O) groups excluding carboxylic acids is 9. The quantitative estimate of drug-likeness (QED) is 0.0598. The van der Waals surface area contributed by atoms with Gasteiger partial charge in [-0.2, -0.15) is 9.59 Å². The van der Waals surface area contributed by atoms with Crippen LogP contribution in [0.5, 0.6) is 0 Å². The first kappa shape index (κ1) is 62.2. The lowest BCUT2D eigenvalue weighted by atomic mass is 10.2. The van der Waals surface area contributed by atoms with Gasteiger partial charge in [0, 0.05) is 46.4 Å². The normalized spacial score (nSPS) is 10.9. The molecule has 0 radical (unpaired) electrons. The Bertz CT molecular complexity index is 1240. The molecular weight excluding hydrogens is 800 g/mol. The molecule has 0 spiro atoms. The summed E-state index contributed by atoms with van der Waals surface area (Å²) in [4.78, 5) is 101. The first-order valence-electron chi connectivity index (χ1n) is 19.1. The molecule has 22 heteroatoms. The van der Waals surface area contributed by atoms with Gasteiger partial charge >= 0.3 is 30.0 Å². The smallest absolute Gasteiger partial charge is 0.373 e. The van der Waals surface area contributed by atoms with Crippen molar-refractivity contribution in [2.24, 2.45) is 0 Å². The highest BCUT2D eigenvalue weighted by Crippen LogP contribution is 2.08. The molecule has 0 fully saturated rings. The fourth-order valence-corrected chi connectivity index (χ4v) is 4.44. The van der Waals surface area contributed by atoms with E-state index in [2.05, 4.69) is 0 Å². The molecule has 0 saturated heterocycles. The van der Waals surface area contributed by atoms with Crippen LogP contribution in [0, 0.1) is 0 Å². The predicted octanol–water partition coefficient (Wildman–Crippen LogP) is -3.50. The predicted molar refractivity (Wildman–Crippen MR) is 207 cm³/mol. The Balaban J connectivity index is -0.000000389. The molecule has 0 unspecified atom stereocenters. The molecule has 0 rings (SSSR count). The lowest BCUT2D eigenvalue weighted by Gasteiger charge is -2.24. The van der Waals surface area contributed by atoms with E-state index in [9.17, 15) is 43.8 Å². The van der Waals surface area contributed by atoms with Gasteiger partial charge in [0.05, 0.1) is 71.1 Å². The highest BCUT2D eigenvalue weighted by molar-refractivity contribution is 5.80. The van der Waals surface area contributed by atoms with Crippen LogP contribution in [0.25, 0.3) is 0 Å². The number of ketones is 1. The van der Waals surface area contributed by atoms with E-state index in [0.717, 1.165) is 11.3 Å². The van der Waals surface area contributed by atoms with Gasteiger partial charge in [-0.1, -0.05) is 6.92 Å². The second-order valence-corrected chi connectivity index (χ2v) is 14.6. The summed E-state index contributed by atoms with van der Waals surface area (Å²) in [5, 5.41) is 38.7. The molecule has 60 heavy (non-hydrogen) atoms. The van der Waals surface area contributed by atoms with E-state index in [0.29, 0.717) is 39.4 Å². The number of ether oxygens (including phenoxy) is 5. The first-order valence-corrected chi connectivity index (χ1v) is 19.1. The van der Waals surface area contributed by atoms with Crippen molar-refractivity contribution in [1.29, 1.82) is 0 Å². The molecule has 0 aromatic rings. The summed E-state index contributed by atoms with van der Waals surface area (Å²) in [5.74, 6) is -4.68. The van der Waals surface area contributed by atoms with Crippen LogP contribution in [0.1, 0.15) is 68.7 Å². The standard InChI is InChI=1S/C14H24N2O8.C13H25NO4.C10H21NO4.CO2/c1-11(17)7-16(9-13(20)21)10-14(22)24-6-4-15(3-5-23-2)8-12(18)19;1-6-8-14(9-11(15)17-7-2)10-12(16)18-13(3,4)5;1-10(2,3)15-9(14)8-11(4-6-12)5-7-13;2-1-3/h3-10H2,1-2H3,(H,18,19)(H,20,21);6-10H2,1-5H3;12-13H,4-8H2,1-3H3;/p-2. The number of Topliss-reactive ketones (excluding diaryl/α,β-unsaturated/α-hetero) is 1. The summed E-state index contributed by atoms with van der Waals surface area (Å²) in [6, 6.07) is 0. The van der Waals surface area contributed by atoms with E-state index in [1.807, 2.05) is 27.7 Å². The number of hydrogen-bond acceptors (Lipinski definition) is 22. The van der Waals surface area contributed by atoms with Crippen molar-refractivity contribution in [2.45, 2.75) is 79.9 Å². The van der Waals surface area contributed by atoms with Crippen LogP contribution in [0.15, 0.2) is 0 Å². The molecule has 0 aromatic heterocycles. The average Bonchev–Trinajstić information content (AvgIpc) is 3.06. The molecule has 350 valence electrons. The van der Waals surface area contributed by atoms with Crippen molar-refractivity contribution in [1.82, 2.24) is 19.6 Å². The lowest BCUT2D eigenvalue weighted by molar-refractivity contribution is -0.307. The highest BCUT2D eigenvalue weighted by atomic mass is 16.6. The molecule has 0 amide bonds. The van der Waals surface area contributed by atoms with Crippen molar-refractivity contribution in [2.75, 3.05) is 119 Å². The first-order chi connectivity index (χ1) is 27.8. The summed E-state index contributed by atoms with van der Waals surface area (Å²) < 4.78 is 25.0. The maximum Gasteiger partial charge on any atom is 0.373 e. The molecule has 0 aliphatic rings. The van der Waals surface area contributed by atoms with Crippen LogP contribution in [0.4, 0.5) is 0 Å². The Morgan fingerprint density at radius 2 is 0.933 bits per heavy atom. The van der Waals surface area contributed by atoms with Crippen LogP contribution < -0.4 is 10.2 Å². The number of aliphatic hydroxyl groups excluding tert-OH is 2. The van der Waals surface area contributed by atoms with Gasteiger partial charge in [0.15, 0.2) is 0 Å². The third kappa shape index (κ3) is 48.0. The molecule has 22 nitrogen and oxygen atoms in total. The molecule has 0 aliphatic heterocycles. The summed E-state index contributed by atoms with van der Waals surface area (Å²) in [6.45, 7) is 17.1. The Morgan fingerprint density at radius 1 is 0.550 bits per heavy atom. The van der Waals surface area contributed by atoms with Crippen molar-refractivity contribution in [3.05, 3.63) is 0 Å². The van der Waals surface area contributed by atoms with E-state index in [1.165, 1.54) is 18.9 Å². The van der Waals surface area contributed by atoms with Gasteiger partial charge < -0.3 is 53.7 Å². The van der Waals surface area contributed by atoms with Crippen LogP contribution in [0.2, 0.25) is 0 Å². The second kappa shape index (κ2) is 37.6. The highest BCUT2D eigenvalue weighted by Gasteiger charge is 2.21. The number of aliphatic carboxylic acids is 2. The summed E-state index contributed by atoms with van der Waals surface area (Å²) in [6.07, 6.45) is 1.11. The molecule has 0 atom stereocenters. The van der Waals surface area contributed by atoms with Gasteiger partial charge in [0.2, 0.25) is 0 Å². The largest absolute Gasteiger partial charge is 0.549 e. The number of carbonyl (C=O) groups is 7. The summed E-state index contributed by atoms with van der Waals surface area (Å²) >= 11 is 0. The van der Waals surface area contributed by atoms with Gasteiger partial charge in [-0.05, 0) is 68.4 Å². The molecule has 0 aliphatic carbocycles. The maximum absolute atomic E-state index is 11.7. The molecule has 0 saturated carbocycles. The molecular formula is C38H68N4O18-2. The Kier molecular flexibility index (Phi) is 39.0. The van der Waals surface area contributed by atoms with E-state index in [-0.39, 0.29) is 95.5 Å². The SMILES string of the molecule is CC(C)(C)OC(=O)CN(CCO)CCO.CCCN(CC(=O)OCC)CC(=O)OC(C)(C)C.COCCN(CCOC(=O)CN(CC(C)=O)CC(=O)[O-])CC(=O)[O-].O=C=O. The number of nitrogens with zero attached hydrogens (tertiary/aromatic N) is 4.